The summed E-state index contributed by atoms with van der Waals surface area (Å²) in [5.74, 6) is 0.741. The maximum atomic E-state index is 12.3. The molecule has 22 heavy (non-hydrogen) atoms. The number of carbonyl (C=O) groups excluding carboxylic acids is 1. The quantitative estimate of drug-likeness (QED) is 0.472. The Bertz CT molecular complexity index is 502. The number of nitrogens with zero attached hydrogens (tertiary/aromatic N) is 1. The molecule has 1 aliphatic carbocycles. The predicted octanol–water partition coefficient (Wildman–Crippen LogP) is 3.80. The molecule has 4 heteroatoms. The molecule has 1 fully saturated rings. The largest absolute Gasteiger partial charge is 0.468 e. The van der Waals surface area contributed by atoms with Crippen molar-refractivity contribution in [3.05, 3.63) is 35.9 Å². The Balaban J connectivity index is 2.03. The minimum absolute atomic E-state index is 0.210. The molecule has 0 aromatic heterocycles. The summed E-state index contributed by atoms with van der Waals surface area (Å²) in [6.45, 7) is 4.75. The first-order valence-corrected chi connectivity index (χ1v) is 7.84. The molecular weight excluding hydrogens is 278 g/mol. The monoisotopic (exact) mass is 303 g/mol. The third-order valence-electron chi connectivity index (χ3n) is 4.27. The van der Waals surface area contributed by atoms with Gasteiger partial charge in [-0.25, -0.2) is 0 Å². The Kier molecular flexibility index (Phi) is 5.58. The van der Waals surface area contributed by atoms with E-state index in [-0.39, 0.29) is 5.97 Å². The van der Waals surface area contributed by atoms with Crippen LogP contribution in [0.3, 0.4) is 0 Å². The Morgan fingerprint density at radius 3 is 2.50 bits per heavy atom. The zero-order valence-electron chi connectivity index (χ0n) is 13.6. The van der Waals surface area contributed by atoms with Gasteiger partial charge in [-0.1, -0.05) is 49.3 Å². The van der Waals surface area contributed by atoms with E-state index in [0.717, 1.165) is 24.8 Å². The highest BCUT2D eigenvalue weighted by Gasteiger charge is 2.44. The number of ether oxygens (including phenoxy) is 1. The van der Waals surface area contributed by atoms with Gasteiger partial charge in [-0.05, 0) is 36.7 Å². The van der Waals surface area contributed by atoms with Gasteiger partial charge in [0.2, 0.25) is 0 Å². The number of hydrogen-bond donors (Lipinski definition) is 0. The summed E-state index contributed by atoms with van der Waals surface area (Å²) in [5.41, 5.74) is 0.403. The van der Waals surface area contributed by atoms with Crippen LogP contribution in [0, 0.1) is 17.3 Å². The van der Waals surface area contributed by atoms with Gasteiger partial charge in [0, 0.05) is 0 Å². The van der Waals surface area contributed by atoms with Crippen molar-refractivity contribution in [2.75, 3.05) is 7.11 Å². The zero-order valence-corrected chi connectivity index (χ0v) is 13.6. The van der Waals surface area contributed by atoms with Crippen LogP contribution in [-0.4, -0.2) is 19.3 Å². The molecule has 2 atom stereocenters. The highest BCUT2D eigenvalue weighted by molar-refractivity contribution is 5.95. The second-order valence-electron chi connectivity index (χ2n) is 6.50. The number of esters is 1. The van der Waals surface area contributed by atoms with Crippen molar-refractivity contribution in [2.24, 2.45) is 22.4 Å². The summed E-state index contributed by atoms with van der Waals surface area (Å²) in [6, 6.07) is 9.85. The first-order chi connectivity index (χ1) is 10.6. The normalized spacial score (nSPS) is 28.5. The summed E-state index contributed by atoms with van der Waals surface area (Å²) in [7, 11) is 1.44. The van der Waals surface area contributed by atoms with E-state index in [1.807, 2.05) is 30.3 Å². The lowest BCUT2D eigenvalue weighted by Crippen LogP contribution is -2.41. The second-order valence-corrected chi connectivity index (χ2v) is 6.50. The fraction of sp³-hybridized carbons (Fsp3) is 0.556. The Morgan fingerprint density at radius 1 is 1.27 bits per heavy atom. The van der Waals surface area contributed by atoms with E-state index in [2.05, 4.69) is 19.0 Å². The second kappa shape index (κ2) is 7.43. The molecule has 2 unspecified atom stereocenters. The molecule has 1 aromatic carbocycles. The maximum Gasteiger partial charge on any atom is 0.317 e. The van der Waals surface area contributed by atoms with Crippen molar-refractivity contribution in [2.45, 2.75) is 39.7 Å². The molecule has 0 saturated heterocycles. The van der Waals surface area contributed by atoms with Gasteiger partial charge in [0.1, 0.15) is 12.0 Å². The highest BCUT2D eigenvalue weighted by atomic mass is 16.6. The third kappa shape index (κ3) is 4.09. The number of carbonyl (C=O) groups is 1. The van der Waals surface area contributed by atoms with E-state index in [4.69, 9.17) is 9.57 Å². The van der Waals surface area contributed by atoms with Crippen molar-refractivity contribution >= 4 is 12.2 Å². The molecule has 1 saturated carbocycles. The summed E-state index contributed by atoms with van der Waals surface area (Å²) < 4.78 is 5.02. The molecule has 0 spiro atoms. The van der Waals surface area contributed by atoms with Crippen LogP contribution in [-0.2, 0) is 21.0 Å². The summed E-state index contributed by atoms with van der Waals surface area (Å²) in [4.78, 5) is 17.6. The van der Waals surface area contributed by atoms with Crippen LogP contribution < -0.4 is 0 Å². The maximum absolute atomic E-state index is 12.3. The van der Waals surface area contributed by atoms with E-state index < -0.39 is 5.41 Å². The molecule has 0 heterocycles. The standard InChI is InChI=1S/C18H25NO3/c1-14-9-15(2)11-18(10-14,17(20)21-3)13-19-22-12-16-7-5-4-6-8-16/h4-8,13-15H,9-12H2,1-3H3. The zero-order chi connectivity index (χ0) is 16.0. The van der Waals surface area contributed by atoms with Crippen LogP contribution >= 0.6 is 0 Å². The Labute approximate surface area is 132 Å². The first kappa shape index (κ1) is 16.5. The minimum atomic E-state index is -0.650. The van der Waals surface area contributed by atoms with Gasteiger partial charge in [0.25, 0.3) is 0 Å². The van der Waals surface area contributed by atoms with E-state index in [0.29, 0.717) is 18.4 Å². The average Bonchev–Trinajstić information content (AvgIpc) is 2.51. The van der Waals surface area contributed by atoms with Crippen LogP contribution in [0.15, 0.2) is 35.5 Å². The molecule has 0 aliphatic heterocycles. The lowest BCUT2D eigenvalue weighted by Gasteiger charge is -2.37. The number of hydrogen-bond acceptors (Lipinski definition) is 4. The predicted molar refractivity (Wildman–Crippen MR) is 86.4 cm³/mol. The highest BCUT2D eigenvalue weighted by Crippen LogP contribution is 2.42. The molecular formula is C18H25NO3. The molecule has 1 aromatic rings. The molecule has 4 nitrogen and oxygen atoms in total. The molecule has 0 amide bonds. The van der Waals surface area contributed by atoms with Gasteiger partial charge in [0.05, 0.1) is 13.3 Å². The van der Waals surface area contributed by atoms with Crippen molar-refractivity contribution in [1.29, 1.82) is 0 Å². The van der Waals surface area contributed by atoms with Crippen molar-refractivity contribution in [3.63, 3.8) is 0 Å². The van der Waals surface area contributed by atoms with Crippen LogP contribution in [0.4, 0.5) is 0 Å². The number of oxime groups is 1. The van der Waals surface area contributed by atoms with Gasteiger partial charge in [-0.2, -0.15) is 0 Å². The van der Waals surface area contributed by atoms with Crippen LogP contribution in [0.5, 0.6) is 0 Å². The summed E-state index contributed by atoms with van der Waals surface area (Å²) >= 11 is 0. The van der Waals surface area contributed by atoms with E-state index in [9.17, 15) is 4.79 Å². The molecule has 120 valence electrons. The fourth-order valence-corrected chi connectivity index (χ4v) is 3.53. The lowest BCUT2D eigenvalue weighted by molar-refractivity contribution is -0.151. The fourth-order valence-electron chi connectivity index (χ4n) is 3.53. The lowest BCUT2D eigenvalue weighted by atomic mass is 9.67. The number of benzene rings is 1. The van der Waals surface area contributed by atoms with E-state index in [1.165, 1.54) is 7.11 Å². The van der Waals surface area contributed by atoms with Gasteiger partial charge in [-0.3, -0.25) is 4.79 Å². The van der Waals surface area contributed by atoms with Crippen molar-refractivity contribution in [3.8, 4) is 0 Å². The topological polar surface area (TPSA) is 47.9 Å². The molecule has 0 bridgehead atoms. The SMILES string of the molecule is COC(=O)C1(C=NOCc2ccccc2)CC(C)CC(C)C1. The number of methoxy groups -OCH3 is 1. The Hall–Kier alpha value is -1.84. The van der Waals surface area contributed by atoms with Crippen LogP contribution in [0.1, 0.15) is 38.7 Å². The minimum Gasteiger partial charge on any atom is -0.468 e. The molecule has 0 N–H and O–H groups in total. The molecule has 2 rings (SSSR count). The molecule has 0 radical (unpaired) electrons. The van der Waals surface area contributed by atoms with Gasteiger partial charge in [0.15, 0.2) is 0 Å². The Morgan fingerprint density at radius 2 is 1.91 bits per heavy atom. The van der Waals surface area contributed by atoms with E-state index >= 15 is 0 Å². The van der Waals surface area contributed by atoms with Crippen LogP contribution in [0.25, 0.3) is 0 Å². The van der Waals surface area contributed by atoms with E-state index in [1.54, 1.807) is 6.21 Å². The summed E-state index contributed by atoms with van der Waals surface area (Å²) in [5, 5.41) is 4.07. The molecule has 1 aliphatic rings. The van der Waals surface area contributed by atoms with Crippen LogP contribution in [0.2, 0.25) is 0 Å². The van der Waals surface area contributed by atoms with Gasteiger partial charge < -0.3 is 9.57 Å². The van der Waals surface area contributed by atoms with Gasteiger partial charge in [-0.15, -0.1) is 0 Å². The first-order valence-electron chi connectivity index (χ1n) is 7.84. The third-order valence-corrected chi connectivity index (χ3v) is 4.27. The van der Waals surface area contributed by atoms with Crippen molar-refractivity contribution in [1.82, 2.24) is 0 Å². The smallest absolute Gasteiger partial charge is 0.317 e. The average molecular weight is 303 g/mol. The van der Waals surface area contributed by atoms with Crippen molar-refractivity contribution < 1.29 is 14.4 Å². The summed E-state index contributed by atoms with van der Waals surface area (Å²) in [6.07, 6.45) is 4.33. The van der Waals surface area contributed by atoms with Gasteiger partial charge >= 0.3 is 5.97 Å². The number of rotatable bonds is 5.